The highest BCUT2D eigenvalue weighted by Crippen LogP contribution is 2.48. The molecular weight excluding hydrogens is 757 g/mol. The zero-order valence-corrected chi connectivity index (χ0v) is 36.9. The van der Waals surface area contributed by atoms with Gasteiger partial charge in [0.05, 0.1) is 5.56 Å². The summed E-state index contributed by atoms with van der Waals surface area (Å²) in [5.74, 6) is 5.00. The highest BCUT2D eigenvalue weighted by molar-refractivity contribution is 5.94. The van der Waals surface area contributed by atoms with Crippen molar-refractivity contribution in [2.24, 2.45) is 11.8 Å². The molecule has 0 heterocycles. The molecule has 2 fully saturated rings. The van der Waals surface area contributed by atoms with E-state index in [0.717, 1.165) is 78.6 Å². The zero-order chi connectivity index (χ0) is 42.0. The second-order valence-electron chi connectivity index (χ2n) is 19.3. The Bertz CT molecular complexity index is 2490. The molecule has 0 saturated heterocycles. The van der Waals surface area contributed by atoms with Crippen molar-refractivity contribution in [1.82, 2.24) is 0 Å². The molecule has 6 aromatic carbocycles. The minimum atomic E-state index is -0.334. The summed E-state index contributed by atoms with van der Waals surface area (Å²) >= 11 is 0. The van der Waals surface area contributed by atoms with Crippen LogP contribution in [0.2, 0.25) is 0 Å². The highest BCUT2D eigenvalue weighted by atomic mass is 16.5. The molecular formula is C59H62O3. The normalized spacial score (nSPS) is 21.1. The lowest BCUT2D eigenvalue weighted by Gasteiger charge is -2.27. The van der Waals surface area contributed by atoms with Crippen LogP contribution in [-0.2, 0) is 25.7 Å². The molecule has 3 heteroatoms. The van der Waals surface area contributed by atoms with Crippen molar-refractivity contribution in [1.29, 1.82) is 0 Å². The first-order chi connectivity index (χ1) is 30.4. The molecule has 10 rings (SSSR count). The summed E-state index contributed by atoms with van der Waals surface area (Å²) in [6.45, 7) is 4.77. The van der Waals surface area contributed by atoms with Gasteiger partial charge in [0.15, 0.2) is 0 Å². The fourth-order valence-corrected chi connectivity index (χ4v) is 11.2. The largest absolute Gasteiger partial charge is 0.457 e. The number of ether oxygens (including phenoxy) is 2. The van der Waals surface area contributed by atoms with Crippen LogP contribution in [0.5, 0.6) is 17.2 Å². The SMILES string of the molecule is CC1CCC(c2ccc(-c3ccc(Oc4ccc5c(c4-c4c(OC(=O)c6ccc(-c7ccc(C8CCC(C)CC8)cc7)cc6)ccc6c4CCCC6)CCCC5)cc3)cc2)CC1. The van der Waals surface area contributed by atoms with Crippen LogP contribution in [0.15, 0.2) is 121 Å². The van der Waals surface area contributed by atoms with Crippen LogP contribution in [0.3, 0.4) is 0 Å². The maximum atomic E-state index is 14.1. The Labute approximate surface area is 369 Å². The van der Waals surface area contributed by atoms with Gasteiger partial charge < -0.3 is 9.47 Å². The summed E-state index contributed by atoms with van der Waals surface area (Å²) in [5.41, 5.74) is 15.7. The van der Waals surface area contributed by atoms with Crippen LogP contribution < -0.4 is 9.47 Å². The second-order valence-corrected chi connectivity index (χ2v) is 19.3. The van der Waals surface area contributed by atoms with Gasteiger partial charge in [-0.3, -0.25) is 0 Å². The number of benzene rings is 6. The van der Waals surface area contributed by atoms with Crippen LogP contribution >= 0.6 is 0 Å². The van der Waals surface area contributed by atoms with Crippen LogP contribution in [0.4, 0.5) is 0 Å². The van der Waals surface area contributed by atoms with Gasteiger partial charge in [-0.2, -0.15) is 0 Å². The predicted molar refractivity (Wildman–Crippen MR) is 255 cm³/mol. The number of fused-ring (bicyclic) bond motifs is 2. The van der Waals surface area contributed by atoms with E-state index in [1.165, 1.54) is 114 Å². The molecule has 6 aromatic rings. The standard InChI is InChI=1S/C59H62O3/c1-39-11-15-41(16-12-39)43-19-23-45(24-20-43)47-27-29-51(30-28-47)59(60)62-56-38-34-50-8-4-6-10-54(50)58(56)57-53-9-5-3-7-49(53)33-37-55(57)61-52-35-31-48(32-36-52)46-25-21-44(22-26-46)42-17-13-40(2)14-18-42/h19-42H,3-18H2,1-2H3. The van der Waals surface area contributed by atoms with Gasteiger partial charge in [-0.1, -0.05) is 124 Å². The van der Waals surface area contributed by atoms with E-state index in [4.69, 9.17) is 9.47 Å². The fraction of sp³-hybridized carbons (Fsp3) is 0.373. The van der Waals surface area contributed by atoms with E-state index in [9.17, 15) is 4.79 Å². The minimum Gasteiger partial charge on any atom is -0.457 e. The van der Waals surface area contributed by atoms with Crippen molar-refractivity contribution in [2.45, 2.75) is 128 Å². The molecule has 62 heavy (non-hydrogen) atoms. The Balaban J connectivity index is 0.919. The average Bonchev–Trinajstić information content (AvgIpc) is 3.32. The van der Waals surface area contributed by atoms with Crippen molar-refractivity contribution in [3.63, 3.8) is 0 Å². The third-order valence-corrected chi connectivity index (χ3v) is 15.1. The van der Waals surface area contributed by atoms with Gasteiger partial charge in [0, 0.05) is 11.1 Å². The third-order valence-electron chi connectivity index (χ3n) is 15.1. The van der Waals surface area contributed by atoms with Gasteiger partial charge in [0.2, 0.25) is 0 Å². The lowest BCUT2D eigenvalue weighted by Crippen LogP contribution is -2.14. The second kappa shape index (κ2) is 18.1. The van der Waals surface area contributed by atoms with Gasteiger partial charge >= 0.3 is 5.97 Å². The van der Waals surface area contributed by atoms with Crippen molar-refractivity contribution in [3.05, 3.63) is 160 Å². The topological polar surface area (TPSA) is 35.5 Å². The van der Waals surface area contributed by atoms with Gasteiger partial charge in [0.1, 0.15) is 17.2 Å². The molecule has 3 nitrogen and oxygen atoms in total. The van der Waals surface area contributed by atoms with Gasteiger partial charge in [-0.05, 0) is 193 Å². The van der Waals surface area contributed by atoms with Crippen molar-refractivity contribution >= 4 is 5.97 Å². The summed E-state index contributed by atoms with van der Waals surface area (Å²) in [6.07, 6.45) is 19.1. The summed E-state index contributed by atoms with van der Waals surface area (Å²) in [5, 5.41) is 0. The van der Waals surface area contributed by atoms with E-state index in [-0.39, 0.29) is 5.97 Å². The summed E-state index contributed by atoms with van der Waals surface area (Å²) in [6, 6.07) is 43.5. The summed E-state index contributed by atoms with van der Waals surface area (Å²) < 4.78 is 13.4. The van der Waals surface area contributed by atoms with Gasteiger partial charge in [-0.15, -0.1) is 0 Å². The summed E-state index contributed by atoms with van der Waals surface area (Å²) in [7, 11) is 0. The molecule has 0 spiro atoms. The molecule has 0 atom stereocenters. The molecule has 0 aliphatic heterocycles. The molecule has 4 aliphatic carbocycles. The number of carbonyl (C=O) groups is 1. The maximum Gasteiger partial charge on any atom is 0.343 e. The molecule has 0 radical (unpaired) electrons. The first kappa shape index (κ1) is 40.6. The van der Waals surface area contributed by atoms with Crippen LogP contribution in [0.1, 0.15) is 146 Å². The lowest BCUT2D eigenvalue weighted by molar-refractivity contribution is 0.0735. The zero-order valence-electron chi connectivity index (χ0n) is 36.9. The molecule has 0 aromatic heterocycles. The summed E-state index contributed by atoms with van der Waals surface area (Å²) in [4.78, 5) is 14.1. The van der Waals surface area contributed by atoms with Crippen molar-refractivity contribution in [3.8, 4) is 50.6 Å². The van der Waals surface area contributed by atoms with E-state index >= 15 is 0 Å². The average molecular weight is 819 g/mol. The number of carbonyl (C=O) groups excluding carboxylic acids is 1. The number of aryl methyl sites for hydroxylation is 2. The molecule has 0 N–H and O–H groups in total. The van der Waals surface area contributed by atoms with Gasteiger partial charge in [-0.25, -0.2) is 4.79 Å². The number of rotatable bonds is 9. The van der Waals surface area contributed by atoms with E-state index in [2.05, 4.69) is 117 Å². The molecule has 0 unspecified atom stereocenters. The molecule has 4 aliphatic rings. The maximum absolute atomic E-state index is 14.1. The molecule has 316 valence electrons. The Morgan fingerprint density at radius 2 is 0.839 bits per heavy atom. The molecule has 0 amide bonds. The number of hydrogen-bond donors (Lipinski definition) is 0. The van der Waals surface area contributed by atoms with Crippen LogP contribution in [-0.4, -0.2) is 5.97 Å². The minimum absolute atomic E-state index is 0.334. The van der Waals surface area contributed by atoms with E-state index < -0.39 is 0 Å². The lowest BCUT2D eigenvalue weighted by atomic mass is 9.79. The van der Waals surface area contributed by atoms with E-state index in [1.54, 1.807) is 0 Å². The van der Waals surface area contributed by atoms with Crippen LogP contribution in [0.25, 0.3) is 33.4 Å². The van der Waals surface area contributed by atoms with E-state index in [1.807, 2.05) is 18.2 Å². The Morgan fingerprint density at radius 3 is 1.32 bits per heavy atom. The van der Waals surface area contributed by atoms with Gasteiger partial charge in [0.25, 0.3) is 0 Å². The molecule has 0 bridgehead atoms. The molecule has 2 saturated carbocycles. The monoisotopic (exact) mass is 818 g/mol. The van der Waals surface area contributed by atoms with Crippen molar-refractivity contribution < 1.29 is 14.3 Å². The number of esters is 1. The fourth-order valence-electron chi connectivity index (χ4n) is 11.2. The third kappa shape index (κ3) is 8.65. The Morgan fingerprint density at radius 1 is 0.435 bits per heavy atom. The Kier molecular flexibility index (Phi) is 11.9. The first-order valence-electron chi connectivity index (χ1n) is 24.0. The smallest absolute Gasteiger partial charge is 0.343 e. The van der Waals surface area contributed by atoms with Crippen molar-refractivity contribution in [2.75, 3.05) is 0 Å². The number of hydrogen-bond acceptors (Lipinski definition) is 3. The predicted octanol–water partition coefficient (Wildman–Crippen LogP) is 16.0. The highest BCUT2D eigenvalue weighted by Gasteiger charge is 2.28. The van der Waals surface area contributed by atoms with Crippen LogP contribution in [0, 0.1) is 11.8 Å². The first-order valence-corrected chi connectivity index (χ1v) is 24.0. The Hall–Kier alpha value is -5.41. The quantitative estimate of drug-likeness (QED) is 0.108. The van der Waals surface area contributed by atoms with E-state index in [0.29, 0.717) is 23.1 Å².